The lowest BCUT2D eigenvalue weighted by Gasteiger charge is -2.28. The Kier molecular flexibility index (Phi) is 2.21. The van der Waals surface area contributed by atoms with E-state index < -0.39 is 0 Å². The highest BCUT2D eigenvalue weighted by Gasteiger charge is 2.25. The lowest BCUT2D eigenvalue weighted by Crippen LogP contribution is -2.38. The molecular formula is C10H10N4O. The fourth-order valence-corrected chi connectivity index (χ4v) is 1.46. The van der Waals surface area contributed by atoms with Crippen LogP contribution in [-0.4, -0.2) is 17.6 Å². The molecule has 0 aromatic carbocycles. The Bertz CT molecular complexity index is 452. The van der Waals surface area contributed by atoms with Gasteiger partial charge in [0.05, 0.1) is 11.3 Å². The molecule has 0 saturated carbocycles. The fourth-order valence-electron chi connectivity index (χ4n) is 1.46. The van der Waals surface area contributed by atoms with Crippen molar-refractivity contribution in [3.05, 3.63) is 35.9 Å². The highest BCUT2D eigenvalue weighted by Crippen LogP contribution is 2.26. The van der Waals surface area contributed by atoms with E-state index in [1.807, 2.05) is 6.92 Å². The van der Waals surface area contributed by atoms with E-state index in [0.29, 0.717) is 17.1 Å². The molecule has 15 heavy (non-hydrogen) atoms. The predicted octanol–water partition coefficient (Wildman–Crippen LogP) is 1.11. The third-order valence-electron chi connectivity index (χ3n) is 2.16. The van der Waals surface area contributed by atoms with Crippen LogP contribution in [0, 0.1) is 0 Å². The fraction of sp³-hybridized carbons (Fsp3) is 0.100. The predicted molar refractivity (Wildman–Crippen MR) is 57.5 cm³/mol. The second kappa shape index (κ2) is 3.53. The Morgan fingerprint density at radius 2 is 2.47 bits per heavy atom. The van der Waals surface area contributed by atoms with Crippen LogP contribution in [0.2, 0.25) is 0 Å². The number of hydrogen-bond acceptors (Lipinski definition) is 4. The van der Waals surface area contributed by atoms with Gasteiger partial charge < -0.3 is 5.32 Å². The van der Waals surface area contributed by atoms with Gasteiger partial charge in [0.15, 0.2) is 0 Å². The zero-order chi connectivity index (χ0) is 10.8. The van der Waals surface area contributed by atoms with Gasteiger partial charge >= 0.3 is 0 Å². The summed E-state index contributed by atoms with van der Waals surface area (Å²) in [6.45, 7) is 5.29. The third kappa shape index (κ3) is 1.38. The summed E-state index contributed by atoms with van der Waals surface area (Å²) in [6, 6.07) is 1.73. The summed E-state index contributed by atoms with van der Waals surface area (Å²) in [5.41, 5.74) is 1.19. The highest BCUT2D eigenvalue weighted by molar-refractivity contribution is 6.03. The second-order valence-corrected chi connectivity index (χ2v) is 2.97. The summed E-state index contributed by atoms with van der Waals surface area (Å²) in [5, 5.41) is 8.11. The Balaban J connectivity index is 2.61. The lowest BCUT2D eigenvalue weighted by atomic mass is 10.2. The minimum Gasteiger partial charge on any atom is -0.307 e. The molecule has 2 heterocycles. The van der Waals surface area contributed by atoms with Gasteiger partial charge in [-0.3, -0.25) is 9.78 Å². The van der Waals surface area contributed by atoms with E-state index in [9.17, 15) is 4.79 Å². The molecule has 5 heteroatoms. The Morgan fingerprint density at radius 1 is 1.67 bits per heavy atom. The average Bonchev–Trinajstić information content (AvgIpc) is 2.29. The van der Waals surface area contributed by atoms with Gasteiger partial charge in [-0.15, -0.1) is 0 Å². The monoisotopic (exact) mass is 202 g/mol. The number of carbonyl (C=O) groups is 1. The molecule has 1 aromatic heterocycles. The summed E-state index contributed by atoms with van der Waals surface area (Å²) in [5.74, 6) is 0.430. The van der Waals surface area contributed by atoms with Gasteiger partial charge in [-0.1, -0.05) is 0 Å². The van der Waals surface area contributed by atoms with Crippen LogP contribution in [0.4, 0.5) is 5.69 Å². The molecule has 0 spiro atoms. The number of carbonyl (C=O) groups excluding carboxylic acids is 1. The van der Waals surface area contributed by atoms with E-state index >= 15 is 0 Å². The van der Waals surface area contributed by atoms with Crippen LogP contribution < -0.4 is 10.3 Å². The topological polar surface area (TPSA) is 57.6 Å². The maximum absolute atomic E-state index is 11.6. The van der Waals surface area contributed by atoms with Crippen LogP contribution in [0.15, 0.2) is 35.5 Å². The minimum atomic E-state index is -0.175. The molecular weight excluding hydrogens is 192 g/mol. The van der Waals surface area contributed by atoms with Crippen molar-refractivity contribution in [3.8, 4) is 0 Å². The van der Waals surface area contributed by atoms with Gasteiger partial charge in [-0.25, -0.2) is 5.01 Å². The largest absolute Gasteiger partial charge is 0.307 e. The van der Waals surface area contributed by atoms with Crippen molar-refractivity contribution in [3.63, 3.8) is 0 Å². The maximum Gasteiger partial charge on any atom is 0.260 e. The summed E-state index contributed by atoms with van der Waals surface area (Å²) in [6.07, 6.45) is 4.88. The Hall–Kier alpha value is -2.17. The molecule has 0 radical (unpaired) electrons. The summed E-state index contributed by atoms with van der Waals surface area (Å²) in [7, 11) is 0. The number of hydrogen-bond donors (Lipinski definition) is 1. The van der Waals surface area contributed by atoms with E-state index in [1.165, 1.54) is 6.20 Å². The van der Waals surface area contributed by atoms with Gasteiger partial charge in [0, 0.05) is 19.1 Å². The zero-order valence-corrected chi connectivity index (χ0v) is 8.27. The zero-order valence-electron chi connectivity index (χ0n) is 8.27. The number of anilines is 1. The van der Waals surface area contributed by atoms with Gasteiger partial charge in [0.1, 0.15) is 5.82 Å². The number of nitrogens with one attached hydrogen (secondary N) is 1. The number of allylic oxidation sites excluding steroid dienone is 1. The van der Waals surface area contributed by atoms with Crippen LogP contribution in [0.25, 0.3) is 0 Å². The number of aromatic nitrogens is 1. The number of amides is 1. The second-order valence-electron chi connectivity index (χ2n) is 2.97. The first-order valence-electron chi connectivity index (χ1n) is 4.46. The molecule has 0 fully saturated rings. The Labute approximate surface area is 87.1 Å². The van der Waals surface area contributed by atoms with Gasteiger partial charge in [0.25, 0.3) is 5.91 Å². The van der Waals surface area contributed by atoms with Crippen molar-refractivity contribution in [1.82, 2.24) is 10.3 Å². The molecule has 2 rings (SSSR count). The number of hydrazone groups is 1. The van der Waals surface area contributed by atoms with Crippen molar-refractivity contribution >= 4 is 18.3 Å². The molecule has 0 unspecified atom stereocenters. The number of pyridine rings is 1. The molecule has 1 aromatic rings. The maximum atomic E-state index is 11.6. The molecule has 1 N–H and O–H groups in total. The number of fused-ring (bicyclic) bond motifs is 1. The first-order valence-corrected chi connectivity index (χ1v) is 4.46. The van der Waals surface area contributed by atoms with E-state index in [4.69, 9.17) is 0 Å². The van der Waals surface area contributed by atoms with Crippen molar-refractivity contribution in [2.24, 2.45) is 5.10 Å². The first-order chi connectivity index (χ1) is 7.27. The van der Waals surface area contributed by atoms with Crippen LogP contribution in [0.5, 0.6) is 0 Å². The van der Waals surface area contributed by atoms with E-state index in [2.05, 4.69) is 22.1 Å². The highest BCUT2D eigenvalue weighted by atomic mass is 16.2. The molecule has 1 aliphatic heterocycles. The van der Waals surface area contributed by atoms with Gasteiger partial charge in [0.2, 0.25) is 0 Å². The average molecular weight is 202 g/mol. The van der Waals surface area contributed by atoms with Gasteiger partial charge in [-0.2, -0.15) is 5.10 Å². The molecule has 0 bridgehead atoms. The quantitative estimate of drug-likeness (QED) is 0.694. The van der Waals surface area contributed by atoms with Crippen LogP contribution >= 0.6 is 0 Å². The van der Waals surface area contributed by atoms with Crippen molar-refractivity contribution in [1.29, 1.82) is 0 Å². The molecule has 0 saturated heterocycles. The lowest BCUT2D eigenvalue weighted by molar-refractivity contribution is 0.0960. The van der Waals surface area contributed by atoms with E-state index in [0.717, 1.165) is 0 Å². The Morgan fingerprint density at radius 3 is 3.13 bits per heavy atom. The third-order valence-corrected chi connectivity index (χ3v) is 2.16. The number of rotatable bonds is 1. The molecule has 1 aliphatic rings. The summed E-state index contributed by atoms with van der Waals surface area (Å²) < 4.78 is 0. The first kappa shape index (κ1) is 9.39. The SMILES string of the molecule is C=NN1C(=CC)NC(=O)c2cnccc21. The van der Waals surface area contributed by atoms with Gasteiger partial charge in [-0.05, 0) is 19.1 Å². The van der Waals surface area contributed by atoms with Crippen molar-refractivity contribution < 1.29 is 4.79 Å². The standard InChI is InChI=1S/C10H10N4O/c1-3-9-13-10(15)7-6-12-5-4-8(7)14(9)11-2/h3-6H,2H2,1H3,(H,13,15). The molecule has 0 atom stereocenters. The van der Waals surface area contributed by atoms with Crippen LogP contribution in [-0.2, 0) is 0 Å². The van der Waals surface area contributed by atoms with E-state index in [-0.39, 0.29) is 5.91 Å². The smallest absolute Gasteiger partial charge is 0.260 e. The van der Waals surface area contributed by atoms with Crippen molar-refractivity contribution in [2.45, 2.75) is 6.92 Å². The number of nitrogens with zero attached hydrogens (tertiary/aromatic N) is 3. The summed E-state index contributed by atoms with van der Waals surface area (Å²) >= 11 is 0. The normalized spacial score (nSPS) is 17.3. The van der Waals surface area contributed by atoms with Crippen LogP contribution in [0.1, 0.15) is 17.3 Å². The molecule has 1 amide bonds. The molecule has 5 nitrogen and oxygen atoms in total. The van der Waals surface area contributed by atoms with E-state index in [1.54, 1.807) is 23.3 Å². The minimum absolute atomic E-state index is 0.175. The van der Waals surface area contributed by atoms with Crippen LogP contribution in [0.3, 0.4) is 0 Å². The molecule has 76 valence electrons. The molecule has 0 aliphatic carbocycles. The van der Waals surface area contributed by atoms with Crippen molar-refractivity contribution in [2.75, 3.05) is 5.01 Å². The summed E-state index contributed by atoms with van der Waals surface area (Å²) in [4.78, 5) is 15.5.